The highest BCUT2D eigenvalue weighted by atomic mass is 17.2. The molecular weight excluding hydrogens is 264 g/mol. The Morgan fingerprint density at radius 1 is 1.14 bits per heavy atom. The van der Waals surface area contributed by atoms with Gasteiger partial charge in [0.25, 0.3) is 0 Å². The predicted octanol–water partition coefficient (Wildman–Crippen LogP) is 4.83. The molecule has 21 heavy (non-hydrogen) atoms. The molecule has 0 radical (unpaired) electrons. The quantitative estimate of drug-likeness (QED) is 0.475. The van der Waals surface area contributed by atoms with E-state index in [9.17, 15) is 4.79 Å². The molecule has 2 rings (SSSR count). The number of rotatable bonds is 8. The zero-order valence-electron chi connectivity index (χ0n) is 14.0. The highest BCUT2D eigenvalue weighted by Gasteiger charge is 2.49. The summed E-state index contributed by atoms with van der Waals surface area (Å²) in [5.74, 6) is 0.703. The van der Waals surface area contributed by atoms with E-state index in [-0.39, 0.29) is 17.6 Å². The van der Waals surface area contributed by atoms with Crippen molar-refractivity contribution in [2.75, 3.05) is 0 Å². The topological polar surface area (TPSA) is 35.5 Å². The predicted molar refractivity (Wildman–Crippen MR) is 83.9 cm³/mol. The second kappa shape index (κ2) is 7.73. The first-order valence-corrected chi connectivity index (χ1v) is 8.94. The van der Waals surface area contributed by atoms with Gasteiger partial charge >= 0.3 is 0 Å². The number of Topliss-reactive ketones (excluding diaryl/α,β-unsaturated/α-hetero) is 1. The summed E-state index contributed by atoms with van der Waals surface area (Å²) < 4.78 is 0. The van der Waals surface area contributed by atoms with Gasteiger partial charge in [0, 0.05) is 18.3 Å². The molecule has 0 spiro atoms. The Balaban J connectivity index is 1.71. The molecule has 1 heterocycles. The molecule has 0 unspecified atom stereocenters. The summed E-state index contributed by atoms with van der Waals surface area (Å²) in [6, 6.07) is 0. The van der Waals surface area contributed by atoms with Gasteiger partial charge < -0.3 is 0 Å². The highest BCUT2D eigenvalue weighted by molar-refractivity contribution is 5.82. The lowest BCUT2D eigenvalue weighted by Gasteiger charge is -2.47. The SMILES string of the molecule is CCCCCCCCC[C@]1(C)OO[C@@H]2C[C@H]1CC(=O)[C@@H]2C. The van der Waals surface area contributed by atoms with E-state index in [2.05, 4.69) is 13.8 Å². The maximum absolute atomic E-state index is 12.0. The lowest BCUT2D eigenvalue weighted by molar-refractivity contribution is -0.429. The molecule has 2 fully saturated rings. The van der Waals surface area contributed by atoms with Crippen LogP contribution in [0.3, 0.4) is 0 Å². The van der Waals surface area contributed by atoms with Crippen molar-refractivity contribution in [2.45, 2.75) is 96.7 Å². The number of hydrogen-bond acceptors (Lipinski definition) is 3. The van der Waals surface area contributed by atoms with Gasteiger partial charge in [0.15, 0.2) is 0 Å². The fraction of sp³-hybridized carbons (Fsp3) is 0.944. The number of ketones is 1. The van der Waals surface area contributed by atoms with Gasteiger partial charge in [-0.25, -0.2) is 9.78 Å². The Hall–Kier alpha value is -0.410. The van der Waals surface area contributed by atoms with Crippen molar-refractivity contribution in [3.63, 3.8) is 0 Å². The second-order valence-electron chi connectivity index (χ2n) is 7.29. The van der Waals surface area contributed by atoms with Gasteiger partial charge in [-0.05, 0) is 19.8 Å². The van der Waals surface area contributed by atoms with Gasteiger partial charge in [-0.3, -0.25) is 4.79 Å². The van der Waals surface area contributed by atoms with Crippen LogP contribution < -0.4 is 0 Å². The Bertz CT molecular complexity index is 341. The molecule has 0 aromatic carbocycles. The molecule has 122 valence electrons. The Kier molecular flexibility index (Phi) is 6.24. The van der Waals surface area contributed by atoms with E-state index >= 15 is 0 Å². The molecule has 0 N–H and O–H groups in total. The van der Waals surface area contributed by atoms with Gasteiger partial charge in [-0.15, -0.1) is 0 Å². The van der Waals surface area contributed by atoms with E-state index in [1.165, 1.54) is 44.9 Å². The molecule has 1 aliphatic heterocycles. The van der Waals surface area contributed by atoms with E-state index < -0.39 is 0 Å². The van der Waals surface area contributed by atoms with Gasteiger partial charge in [-0.2, -0.15) is 0 Å². The standard InChI is InChI=1S/C18H32O3/c1-4-5-6-7-8-9-10-11-18(3)15-12-16(19)14(2)17(13-15)20-21-18/h14-15,17H,4-13H2,1-3H3/t14-,15+,17+,18-/m0/s1. The van der Waals surface area contributed by atoms with Gasteiger partial charge in [-0.1, -0.05) is 58.8 Å². The van der Waals surface area contributed by atoms with Crippen LogP contribution in [0.25, 0.3) is 0 Å². The molecule has 0 amide bonds. The second-order valence-corrected chi connectivity index (χ2v) is 7.29. The Labute approximate surface area is 129 Å². The summed E-state index contributed by atoms with van der Waals surface area (Å²) in [5.41, 5.74) is -0.254. The van der Waals surface area contributed by atoms with Crippen LogP contribution in [0.2, 0.25) is 0 Å². The van der Waals surface area contributed by atoms with Crippen molar-refractivity contribution in [3.8, 4) is 0 Å². The molecule has 0 aromatic rings. The monoisotopic (exact) mass is 296 g/mol. The molecule has 1 saturated carbocycles. The first kappa shape index (κ1) is 17.0. The minimum absolute atomic E-state index is 0.00404. The number of fused-ring (bicyclic) bond motifs is 2. The zero-order valence-corrected chi connectivity index (χ0v) is 14.0. The van der Waals surface area contributed by atoms with E-state index in [0.29, 0.717) is 18.1 Å². The lowest BCUT2D eigenvalue weighted by atomic mass is 9.70. The number of carbonyl (C=O) groups excluding carboxylic acids is 1. The molecule has 0 aromatic heterocycles. The zero-order chi connectivity index (χ0) is 15.3. The van der Waals surface area contributed by atoms with Crippen LogP contribution in [-0.2, 0) is 14.6 Å². The third-order valence-electron chi connectivity index (χ3n) is 5.53. The van der Waals surface area contributed by atoms with Crippen molar-refractivity contribution in [1.82, 2.24) is 0 Å². The Morgan fingerprint density at radius 2 is 1.81 bits per heavy atom. The van der Waals surface area contributed by atoms with Crippen LogP contribution in [0.1, 0.15) is 85.0 Å². The van der Waals surface area contributed by atoms with Crippen LogP contribution in [0.4, 0.5) is 0 Å². The summed E-state index contributed by atoms with van der Waals surface area (Å²) >= 11 is 0. The summed E-state index contributed by atoms with van der Waals surface area (Å²) in [7, 11) is 0. The fourth-order valence-electron chi connectivity index (χ4n) is 3.71. The molecule has 1 aliphatic carbocycles. The molecular formula is C18H32O3. The molecule has 2 aliphatic rings. The van der Waals surface area contributed by atoms with Crippen molar-refractivity contribution in [1.29, 1.82) is 0 Å². The molecule has 3 nitrogen and oxygen atoms in total. The summed E-state index contributed by atoms with van der Waals surface area (Å²) in [6.45, 7) is 6.35. The van der Waals surface area contributed by atoms with Crippen LogP contribution in [-0.4, -0.2) is 17.5 Å². The average Bonchev–Trinajstić information content (AvgIpc) is 2.47. The summed E-state index contributed by atoms with van der Waals surface area (Å²) in [4.78, 5) is 23.3. The molecule has 3 heteroatoms. The molecule has 4 atom stereocenters. The molecule has 1 saturated heterocycles. The first-order valence-electron chi connectivity index (χ1n) is 8.94. The maximum atomic E-state index is 12.0. The van der Waals surface area contributed by atoms with Crippen LogP contribution in [0.5, 0.6) is 0 Å². The van der Waals surface area contributed by atoms with Crippen LogP contribution >= 0.6 is 0 Å². The Morgan fingerprint density at radius 3 is 2.52 bits per heavy atom. The van der Waals surface area contributed by atoms with Crippen LogP contribution in [0.15, 0.2) is 0 Å². The van der Waals surface area contributed by atoms with E-state index in [1.807, 2.05) is 6.92 Å². The van der Waals surface area contributed by atoms with E-state index in [1.54, 1.807) is 0 Å². The minimum atomic E-state index is -0.254. The number of hydrogen-bond donors (Lipinski definition) is 0. The average molecular weight is 296 g/mol. The third kappa shape index (κ3) is 4.29. The minimum Gasteiger partial charge on any atom is -0.299 e. The smallest absolute Gasteiger partial charge is 0.138 e. The van der Waals surface area contributed by atoms with Crippen LogP contribution in [0, 0.1) is 11.8 Å². The van der Waals surface area contributed by atoms with E-state index in [0.717, 1.165) is 12.8 Å². The maximum Gasteiger partial charge on any atom is 0.138 e. The first-order chi connectivity index (χ1) is 10.1. The van der Waals surface area contributed by atoms with Gasteiger partial charge in [0.05, 0.1) is 0 Å². The lowest BCUT2D eigenvalue weighted by Crippen LogP contribution is -2.52. The van der Waals surface area contributed by atoms with E-state index in [4.69, 9.17) is 9.78 Å². The summed E-state index contributed by atoms with van der Waals surface area (Å²) in [6.07, 6.45) is 11.8. The van der Waals surface area contributed by atoms with Crippen molar-refractivity contribution in [3.05, 3.63) is 0 Å². The highest BCUT2D eigenvalue weighted by Crippen LogP contribution is 2.44. The van der Waals surface area contributed by atoms with Crippen molar-refractivity contribution in [2.24, 2.45) is 11.8 Å². The van der Waals surface area contributed by atoms with Gasteiger partial charge in [0.1, 0.15) is 17.5 Å². The largest absolute Gasteiger partial charge is 0.299 e. The normalized spacial score (nSPS) is 36.0. The number of unbranched alkanes of at least 4 members (excludes halogenated alkanes) is 6. The van der Waals surface area contributed by atoms with Crippen molar-refractivity contribution >= 4 is 5.78 Å². The third-order valence-corrected chi connectivity index (χ3v) is 5.53. The molecule has 2 bridgehead atoms. The number of carbonyl (C=O) groups is 1. The summed E-state index contributed by atoms with van der Waals surface area (Å²) in [5, 5.41) is 0. The van der Waals surface area contributed by atoms with Crippen molar-refractivity contribution < 1.29 is 14.6 Å². The van der Waals surface area contributed by atoms with Gasteiger partial charge in [0.2, 0.25) is 0 Å². The fourth-order valence-corrected chi connectivity index (χ4v) is 3.71.